The Kier molecular flexibility index (Phi) is 5.52. The Bertz CT molecular complexity index is 1110. The van der Waals surface area contributed by atoms with E-state index in [9.17, 15) is 14.7 Å². The third kappa shape index (κ3) is 3.62. The summed E-state index contributed by atoms with van der Waals surface area (Å²) in [4.78, 5) is 27.5. The minimum absolute atomic E-state index is 0.0518. The molecule has 172 valence electrons. The van der Waals surface area contributed by atoms with E-state index < -0.39 is 11.7 Å². The van der Waals surface area contributed by atoms with Gasteiger partial charge in [0, 0.05) is 35.5 Å². The van der Waals surface area contributed by atoms with Crippen LogP contribution < -0.4 is 10.4 Å². The Morgan fingerprint density at radius 1 is 1.19 bits per heavy atom. The van der Waals surface area contributed by atoms with Gasteiger partial charge >= 0.3 is 5.63 Å². The molecule has 5 rings (SSSR count). The smallest absolute Gasteiger partial charge is 0.339 e. The monoisotopic (exact) mass is 439 g/mol. The van der Waals surface area contributed by atoms with Crippen molar-refractivity contribution in [1.29, 1.82) is 0 Å². The normalized spacial score (nSPS) is 26.3. The minimum Gasteiger partial charge on any atom is -0.480 e. The van der Waals surface area contributed by atoms with Crippen molar-refractivity contribution in [3.05, 3.63) is 39.2 Å². The van der Waals surface area contributed by atoms with Gasteiger partial charge in [-0.2, -0.15) is 0 Å². The van der Waals surface area contributed by atoms with E-state index in [4.69, 9.17) is 9.15 Å². The quantitative estimate of drug-likeness (QED) is 0.734. The van der Waals surface area contributed by atoms with Crippen molar-refractivity contribution in [3.63, 3.8) is 0 Å². The van der Waals surface area contributed by atoms with Crippen LogP contribution in [0, 0.1) is 12.8 Å². The Morgan fingerprint density at radius 3 is 2.78 bits per heavy atom. The highest BCUT2D eigenvalue weighted by molar-refractivity contribution is 5.86. The molecule has 1 aliphatic heterocycles. The van der Waals surface area contributed by atoms with Gasteiger partial charge in [-0.25, -0.2) is 4.79 Å². The lowest BCUT2D eigenvalue weighted by molar-refractivity contribution is -0.149. The lowest BCUT2D eigenvalue weighted by Gasteiger charge is -2.47. The maximum absolute atomic E-state index is 13.1. The highest BCUT2D eigenvalue weighted by Crippen LogP contribution is 2.40. The first kappa shape index (κ1) is 21.5. The zero-order valence-electron chi connectivity index (χ0n) is 19.1. The molecule has 2 fully saturated rings. The number of aliphatic hydroxyl groups is 1. The number of benzene rings is 1. The predicted octanol–water partition coefficient (Wildman–Crippen LogP) is 3.90. The van der Waals surface area contributed by atoms with Crippen molar-refractivity contribution in [2.24, 2.45) is 5.92 Å². The van der Waals surface area contributed by atoms with Crippen LogP contribution in [0.4, 0.5) is 0 Å². The van der Waals surface area contributed by atoms with Gasteiger partial charge in [-0.15, -0.1) is 0 Å². The Balaban J connectivity index is 1.35. The zero-order valence-corrected chi connectivity index (χ0v) is 19.1. The van der Waals surface area contributed by atoms with Crippen LogP contribution in [0.5, 0.6) is 5.75 Å². The maximum atomic E-state index is 13.1. The molecule has 6 heteroatoms. The average molecular weight is 440 g/mol. The summed E-state index contributed by atoms with van der Waals surface area (Å²) in [5.74, 6) is 0.677. The third-order valence-corrected chi connectivity index (χ3v) is 7.98. The van der Waals surface area contributed by atoms with Crippen LogP contribution in [0.15, 0.2) is 21.3 Å². The summed E-state index contributed by atoms with van der Waals surface area (Å²) < 4.78 is 11.8. The van der Waals surface area contributed by atoms with E-state index in [2.05, 4.69) is 0 Å². The van der Waals surface area contributed by atoms with Gasteiger partial charge in [0.2, 0.25) is 0 Å². The van der Waals surface area contributed by atoms with E-state index in [0.29, 0.717) is 30.8 Å². The topological polar surface area (TPSA) is 80.0 Å². The molecule has 3 aliphatic rings. The molecule has 1 aromatic carbocycles. The first-order chi connectivity index (χ1) is 15.4. The Morgan fingerprint density at radius 2 is 1.97 bits per heavy atom. The molecular weight excluding hydrogens is 406 g/mol. The molecule has 1 N–H and O–H groups in total. The molecule has 2 aliphatic carbocycles. The number of piperidine rings is 1. The van der Waals surface area contributed by atoms with Crippen molar-refractivity contribution in [2.75, 3.05) is 13.1 Å². The van der Waals surface area contributed by atoms with Gasteiger partial charge in [0.1, 0.15) is 11.3 Å². The second kappa shape index (κ2) is 8.22. The molecule has 1 saturated carbocycles. The van der Waals surface area contributed by atoms with Gasteiger partial charge < -0.3 is 19.2 Å². The summed E-state index contributed by atoms with van der Waals surface area (Å²) in [5, 5.41) is 11.9. The van der Waals surface area contributed by atoms with Crippen molar-refractivity contribution >= 4 is 16.9 Å². The lowest BCUT2D eigenvalue weighted by atomic mass is 9.71. The number of carbonyl (C=O) groups excluding carboxylic acids is 1. The largest absolute Gasteiger partial charge is 0.480 e. The molecule has 2 heterocycles. The fraction of sp³-hybridized carbons (Fsp3) is 0.615. The molecule has 1 aromatic heterocycles. The zero-order chi connectivity index (χ0) is 22.5. The molecule has 2 aromatic rings. The second-order valence-electron chi connectivity index (χ2n) is 9.96. The number of amides is 1. The first-order valence-corrected chi connectivity index (χ1v) is 12.1. The molecule has 0 bridgehead atoms. The number of likely N-dealkylation sites (tertiary alicyclic amines) is 1. The first-order valence-electron chi connectivity index (χ1n) is 12.1. The van der Waals surface area contributed by atoms with E-state index in [1.807, 2.05) is 24.0 Å². The molecular formula is C26H33NO5. The van der Waals surface area contributed by atoms with Gasteiger partial charge in [0.15, 0.2) is 6.10 Å². The SMILES string of the molecule is Cc1c(OC(C)C(=O)N2CC[C@@]3(O)CCCC[C@H]3C2)ccc2c3c(c(=O)oc12)CCCC3. The summed E-state index contributed by atoms with van der Waals surface area (Å²) in [7, 11) is 0. The van der Waals surface area contributed by atoms with Crippen LogP contribution in [0.2, 0.25) is 0 Å². The van der Waals surface area contributed by atoms with Crippen molar-refractivity contribution in [3.8, 4) is 5.75 Å². The van der Waals surface area contributed by atoms with E-state index in [1.54, 1.807) is 6.92 Å². The molecule has 0 radical (unpaired) electrons. The van der Waals surface area contributed by atoms with Crippen LogP contribution in [0.1, 0.15) is 68.6 Å². The van der Waals surface area contributed by atoms with Gasteiger partial charge in [0.05, 0.1) is 5.60 Å². The molecule has 1 amide bonds. The second-order valence-corrected chi connectivity index (χ2v) is 9.96. The molecule has 0 spiro atoms. The average Bonchev–Trinajstić information content (AvgIpc) is 2.80. The Hall–Kier alpha value is -2.34. The number of fused-ring (bicyclic) bond motifs is 4. The van der Waals surface area contributed by atoms with Crippen LogP contribution >= 0.6 is 0 Å². The van der Waals surface area contributed by atoms with E-state index >= 15 is 0 Å². The van der Waals surface area contributed by atoms with E-state index in [-0.39, 0.29) is 17.5 Å². The van der Waals surface area contributed by atoms with Crippen LogP contribution in [-0.4, -0.2) is 40.7 Å². The van der Waals surface area contributed by atoms with Gasteiger partial charge in [-0.05, 0) is 76.5 Å². The Labute approximate surface area is 188 Å². The number of carbonyl (C=O) groups is 1. The van der Waals surface area contributed by atoms with E-state index in [0.717, 1.165) is 73.4 Å². The van der Waals surface area contributed by atoms with Crippen LogP contribution in [0.25, 0.3) is 11.0 Å². The summed E-state index contributed by atoms with van der Waals surface area (Å²) in [6, 6.07) is 3.86. The maximum Gasteiger partial charge on any atom is 0.339 e. The molecule has 1 saturated heterocycles. The highest BCUT2D eigenvalue weighted by atomic mass is 16.5. The van der Waals surface area contributed by atoms with Crippen LogP contribution in [0.3, 0.4) is 0 Å². The fourth-order valence-electron chi connectivity index (χ4n) is 6.02. The lowest BCUT2D eigenvalue weighted by Crippen LogP contribution is -2.56. The molecule has 1 unspecified atom stereocenters. The van der Waals surface area contributed by atoms with Crippen molar-refractivity contribution < 1.29 is 19.1 Å². The molecule has 3 atom stereocenters. The number of rotatable bonds is 3. The standard InChI is InChI=1S/C26H33NO5/c1-16-22(11-10-20-19-8-3-4-9-21(19)25(29)32-23(16)20)31-17(2)24(28)27-14-13-26(30)12-6-5-7-18(26)15-27/h10-11,17-18,30H,3-9,12-15H2,1-2H3/t17?,18-,26-/m0/s1. The highest BCUT2D eigenvalue weighted by Gasteiger charge is 2.44. The number of nitrogens with zero attached hydrogens (tertiary/aromatic N) is 1. The number of aryl methyl sites for hydroxylation is 2. The van der Waals surface area contributed by atoms with Gasteiger partial charge in [0.25, 0.3) is 5.91 Å². The predicted molar refractivity (Wildman–Crippen MR) is 122 cm³/mol. The van der Waals surface area contributed by atoms with Crippen LogP contribution in [-0.2, 0) is 17.6 Å². The van der Waals surface area contributed by atoms with Crippen molar-refractivity contribution in [2.45, 2.75) is 83.3 Å². The van der Waals surface area contributed by atoms with Crippen molar-refractivity contribution in [1.82, 2.24) is 4.90 Å². The van der Waals surface area contributed by atoms with E-state index in [1.165, 1.54) is 0 Å². The number of hydrogen-bond donors (Lipinski definition) is 1. The number of hydrogen-bond acceptors (Lipinski definition) is 5. The summed E-state index contributed by atoms with van der Waals surface area (Å²) in [6.07, 6.45) is 7.79. The summed E-state index contributed by atoms with van der Waals surface area (Å²) in [6.45, 7) is 4.82. The molecule has 32 heavy (non-hydrogen) atoms. The minimum atomic E-state index is -0.648. The number of ether oxygens (including phenoxy) is 1. The summed E-state index contributed by atoms with van der Waals surface area (Å²) in [5.41, 5.74) is 2.39. The van der Waals surface area contributed by atoms with Gasteiger partial charge in [-0.1, -0.05) is 12.8 Å². The summed E-state index contributed by atoms with van der Waals surface area (Å²) >= 11 is 0. The fourth-order valence-corrected chi connectivity index (χ4v) is 6.02. The third-order valence-electron chi connectivity index (χ3n) is 7.98. The molecule has 6 nitrogen and oxygen atoms in total. The van der Waals surface area contributed by atoms with Gasteiger partial charge in [-0.3, -0.25) is 4.79 Å².